The first-order chi connectivity index (χ1) is 9.05. The fourth-order valence-electron chi connectivity index (χ4n) is 2.20. The number of pyridine rings is 1. The summed E-state index contributed by atoms with van der Waals surface area (Å²) in [4.78, 5) is 3.97. The number of nitrogens with zero attached hydrogens (tertiary/aromatic N) is 3. The van der Waals surface area contributed by atoms with Gasteiger partial charge in [-0.25, -0.2) is 13.4 Å². The van der Waals surface area contributed by atoms with Gasteiger partial charge in [0.25, 0.3) is 0 Å². The molecule has 0 spiro atoms. The molecular formula is C11H12N4O2S2. The molecule has 3 rings (SSSR count). The van der Waals surface area contributed by atoms with Crippen molar-refractivity contribution in [2.24, 2.45) is 5.10 Å². The van der Waals surface area contributed by atoms with E-state index in [1.165, 1.54) is 16.8 Å². The van der Waals surface area contributed by atoms with Crippen LogP contribution in [-0.4, -0.2) is 52.6 Å². The molecule has 1 N–H and O–H groups in total. The van der Waals surface area contributed by atoms with Gasteiger partial charge < -0.3 is 0 Å². The van der Waals surface area contributed by atoms with Crippen LogP contribution in [0.15, 0.2) is 29.6 Å². The number of hydrogen-bond donors (Lipinski definition) is 1. The molecule has 0 saturated carbocycles. The zero-order chi connectivity index (χ0) is 13.5. The third-order valence-electron chi connectivity index (χ3n) is 3.07. The average Bonchev–Trinajstić information content (AvgIpc) is 2.79. The molecule has 0 aromatic carbocycles. The molecule has 2 fully saturated rings. The highest BCUT2D eigenvalue weighted by atomic mass is 32.2. The van der Waals surface area contributed by atoms with Gasteiger partial charge in [0.05, 0.1) is 23.8 Å². The Morgan fingerprint density at radius 3 is 3.11 bits per heavy atom. The molecule has 0 aliphatic carbocycles. The lowest BCUT2D eigenvalue weighted by Crippen LogP contribution is -2.32. The molecular weight excluding hydrogens is 284 g/mol. The standard InChI is InChI=1S/C11H12N4O2S2/c12-11-15(14-5-8-2-1-3-13-4-8)9-6-19(16,17)7-10(9)18-11/h1-5,9-10,12H,6-7H2/b12-11?,14-5-/t9-,10+/m1/s1. The predicted octanol–water partition coefficient (Wildman–Crippen LogP) is 0.565. The fourth-order valence-corrected chi connectivity index (χ4v) is 5.92. The first-order valence-electron chi connectivity index (χ1n) is 5.74. The highest BCUT2D eigenvalue weighted by Gasteiger charge is 2.48. The molecule has 2 saturated heterocycles. The molecule has 2 aliphatic heterocycles. The number of thioether (sulfide) groups is 1. The molecule has 3 heterocycles. The minimum absolute atomic E-state index is 0.0662. The van der Waals surface area contributed by atoms with E-state index in [0.717, 1.165) is 5.56 Å². The maximum atomic E-state index is 11.6. The van der Waals surface area contributed by atoms with Crippen LogP contribution in [0.1, 0.15) is 5.56 Å². The Kier molecular flexibility index (Phi) is 3.06. The van der Waals surface area contributed by atoms with E-state index in [1.807, 2.05) is 6.07 Å². The van der Waals surface area contributed by atoms with Crippen LogP contribution in [0.5, 0.6) is 0 Å². The number of rotatable bonds is 2. The largest absolute Gasteiger partial charge is 0.277 e. The van der Waals surface area contributed by atoms with Gasteiger partial charge in [-0.1, -0.05) is 17.8 Å². The Morgan fingerprint density at radius 2 is 2.37 bits per heavy atom. The number of fused-ring (bicyclic) bond motifs is 1. The Bertz CT molecular complexity index is 629. The summed E-state index contributed by atoms with van der Waals surface area (Å²) in [5.74, 6) is 0.223. The highest BCUT2D eigenvalue weighted by molar-refractivity contribution is 8.15. The molecule has 0 bridgehead atoms. The molecule has 0 amide bonds. The lowest BCUT2D eigenvalue weighted by molar-refractivity contribution is 0.376. The summed E-state index contributed by atoms with van der Waals surface area (Å²) in [5, 5.41) is 13.9. The number of sulfone groups is 1. The maximum Gasteiger partial charge on any atom is 0.177 e. The third kappa shape index (κ3) is 2.50. The molecule has 6 nitrogen and oxygen atoms in total. The van der Waals surface area contributed by atoms with Crippen LogP contribution in [0.25, 0.3) is 0 Å². The molecule has 2 aliphatic rings. The SMILES string of the molecule is N=C1S[C@H]2CS(=O)(=O)C[C@H]2N1/N=C\c1cccnc1. The monoisotopic (exact) mass is 296 g/mol. The second-order valence-corrected chi connectivity index (χ2v) is 7.86. The van der Waals surface area contributed by atoms with Gasteiger partial charge >= 0.3 is 0 Å². The van der Waals surface area contributed by atoms with Crippen LogP contribution in [-0.2, 0) is 9.84 Å². The van der Waals surface area contributed by atoms with Crippen LogP contribution in [0.3, 0.4) is 0 Å². The third-order valence-corrected chi connectivity index (χ3v) is 6.19. The van der Waals surface area contributed by atoms with E-state index < -0.39 is 9.84 Å². The summed E-state index contributed by atoms with van der Waals surface area (Å²) >= 11 is 1.28. The summed E-state index contributed by atoms with van der Waals surface area (Å²) in [6.07, 6.45) is 4.94. The van der Waals surface area contributed by atoms with Crippen molar-refractivity contribution in [2.75, 3.05) is 11.5 Å². The van der Waals surface area contributed by atoms with E-state index in [4.69, 9.17) is 5.41 Å². The number of hydrazone groups is 1. The molecule has 1 aromatic heterocycles. The van der Waals surface area contributed by atoms with Gasteiger partial charge in [0, 0.05) is 23.2 Å². The summed E-state index contributed by atoms with van der Waals surface area (Å²) in [5.41, 5.74) is 0.824. The average molecular weight is 296 g/mol. The summed E-state index contributed by atoms with van der Waals surface area (Å²) in [6.45, 7) is 0. The van der Waals surface area contributed by atoms with Crippen molar-refractivity contribution in [1.82, 2.24) is 9.99 Å². The highest BCUT2D eigenvalue weighted by Crippen LogP contribution is 2.37. The lowest BCUT2D eigenvalue weighted by atomic mass is 10.2. The van der Waals surface area contributed by atoms with E-state index in [9.17, 15) is 8.42 Å². The zero-order valence-corrected chi connectivity index (χ0v) is 11.6. The normalized spacial score (nSPS) is 29.1. The van der Waals surface area contributed by atoms with Gasteiger partial charge in [-0.05, 0) is 6.07 Å². The van der Waals surface area contributed by atoms with Gasteiger partial charge in [-0.3, -0.25) is 10.4 Å². The van der Waals surface area contributed by atoms with Crippen LogP contribution in [0.4, 0.5) is 0 Å². The fraction of sp³-hybridized carbons (Fsp3) is 0.364. The van der Waals surface area contributed by atoms with E-state index >= 15 is 0 Å². The molecule has 1 aromatic rings. The summed E-state index contributed by atoms with van der Waals surface area (Å²) in [7, 11) is -2.99. The van der Waals surface area contributed by atoms with Gasteiger partial charge in [0.15, 0.2) is 15.0 Å². The number of hydrogen-bond acceptors (Lipinski definition) is 6. The van der Waals surface area contributed by atoms with Crippen molar-refractivity contribution in [3.63, 3.8) is 0 Å². The number of nitrogens with one attached hydrogen (secondary N) is 1. The summed E-state index contributed by atoms with van der Waals surface area (Å²) in [6, 6.07) is 3.44. The van der Waals surface area contributed by atoms with Crippen molar-refractivity contribution in [1.29, 1.82) is 5.41 Å². The number of aromatic nitrogens is 1. The quantitative estimate of drug-likeness (QED) is 0.806. The maximum absolute atomic E-state index is 11.6. The van der Waals surface area contributed by atoms with E-state index in [1.54, 1.807) is 24.7 Å². The van der Waals surface area contributed by atoms with Gasteiger partial charge in [0.1, 0.15) is 0 Å². The van der Waals surface area contributed by atoms with Crippen molar-refractivity contribution >= 4 is 33.0 Å². The molecule has 0 radical (unpaired) electrons. The molecule has 19 heavy (non-hydrogen) atoms. The molecule has 8 heteroatoms. The lowest BCUT2D eigenvalue weighted by Gasteiger charge is -2.17. The number of amidine groups is 1. The smallest absolute Gasteiger partial charge is 0.177 e. The van der Waals surface area contributed by atoms with Crippen molar-refractivity contribution in [3.05, 3.63) is 30.1 Å². The van der Waals surface area contributed by atoms with Crippen molar-refractivity contribution < 1.29 is 8.42 Å². The zero-order valence-electron chi connectivity index (χ0n) is 9.93. The van der Waals surface area contributed by atoms with Crippen LogP contribution in [0, 0.1) is 5.41 Å². The minimum atomic E-state index is -2.99. The second kappa shape index (κ2) is 4.61. The van der Waals surface area contributed by atoms with Crippen LogP contribution >= 0.6 is 11.8 Å². The first-order valence-corrected chi connectivity index (χ1v) is 8.44. The Balaban J connectivity index is 1.81. The Morgan fingerprint density at radius 1 is 1.53 bits per heavy atom. The Labute approximate surface area is 115 Å². The minimum Gasteiger partial charge on any atom is -0.277 e. The van der Waals surface area contributed by atoms with Gasteiger partial charge in [0.2, 0.25) is 0 Å². The van der Waals surface area contributed by atoms with Crippen LogP contribution < -0.4 is 0 Å². The van der Waals surface area contributed by atoms with E-state index in [-0.39, 0.29) is 22.8 Å². The van der Waals surface area contributed by atoms with E-state index in [0.29, 0.717) is 5.17 Å². The topological polar surface area (TPSA) is 86.5 Å². The van der Waals surface area contributed by atoms with Gasteiger partial charge in [-0.15, -0.1) is 0 Å². The first kappa shape index (κ1) is 12.6. The molecule has 0 unspecified atom stereocenters. The predicted molar refractivity (Wildman–Crippen MR) is 75.2 cm³/mol. The Hall–Kier alpha value is -1.41. The molecule has 100 valence electrons. The van der Waals surface area contributed by atoms with Crippen molar-refractivity contribution in [3.8, 4) is 0 Å². The van der Waals surface area contributed by atoms with Crippen molar-refractivity contribution in [2.45, 2.75) is 11.3 Å². The summed E-state index contributed by atoms with van der Waals surface area (Å²) < 4.78 is 23.2. The van der Waals surface area contributed by atoms with E-state index in [2.05, 4.69) is 10.1 Å². The van der Waals surface area contributed by atoms with Gasteiger partial charge in [-0.2, -0.15) is 5.10 Å². The second-order valence-electron chi connectivity index (χ2n) is 4.48. The molecule has 2 atom stereocenters. The van der Waals surface area contributed by atoms with Crippen LogP contribution in [0.2, 0.25) is 0 Å².